The van der Waals surface area contributed by atoms with Crippen molar-refractivity contribution in [2.45, 2.75) is 32.5 Å². The van der Waals surface area contributed by atoms with Gasteiger partial charge in [0, 0.05) is 10.9 Å². The first-order chi connectivity index (χ1) is 14.7. The van der Waals surface area contributed by atoms with Crippen LogP contribution < -0.4 is 4.74 Å². The zero-order chi connectivity index (χ0) is 22.4. The molecular weight excluding hydrogens is 425 g/mol. The molecule has 0 saturated heterocycles. The van der Waals surface area contributed by atoms with E-state index >= 15 is 0 Å². The highest BCUT2D eigenvalue weighted by Gasteiger charge is 2.30. The fourth-order valence-corrected chi connectivity index (χ4v) is 3.38. The van der Waals surface area contributed by atoms with Gasteiger partial charge >= 0.3 is 6.18 Å². The van der Waals surface area contributed by atoms with Crippen LogP contribution in [0.1, 0.15) is 36.5 Å². The second-order valence-corrected chi connectivity index (χ2v) is 8.13. The summed E-state index contributed by atoms with van der Waals surface area (Å²) in [6, 6.07) is 19.8. The smallest absolute Gasteiger partial charge is 0.416 e. The van der Waals surface area contributed by atoms with Crippen LogP contribution in [0.25, 0.3) is 0 Å². The fraction of sp³-hybridized carbons (Fsp3) is 0.280. The van der Waals surface area contributed by atoms with Crippen molar-refractivity contribution < 1.29 is 22.6 Å². The lowest BCUT2D eigenvalue weighted by atomic mass is 9.89. The lowest BCUT2D eigenvalue weighted by Gasteiger charge is -2.21. The molecule has 0 spiro atoms. The van der Waals surface area contributed by atoms with Gasteiger partial charge in [0.1, 0.15) is 11.5 Å². The van der Waals surface area contributed by atoms with Gasteiger partial charge in [-0.1, -0.05) is 55.8 Å². The van der Waals surface area contributed by atoms with Gasteiger partial charge in [0.2, 0.25) is 0 Å². The van der Waals surface area contributed by atoms with Crippen LogP contribution in [0.4, 0.5) is 13.2 Å². The Bertz CT molecular complexity index is 985. The van der Waals surface area contributed by atoms with Gasteiger partial charge in [-0.2, -0.15) is 13.2 Å². The van der Waals surface area contributed by atoms with E-state index in [4.69, 9.17) is 21.1 Å². The van der Waals surface area contributed by atoms with Gasteiger partial charge in [-0.05, 0) is 59.5 Å². The SMILES string of the molecule is CC(C)C(COCc1cccc(Oc2cccc(C(F)(F)F)c2)c1)c1ccc(Cl)cc1. The van der Waals surface area contributed by atoms with Crippen molar-refractivity contribution in [3.05, 3.63) is 94.5 Å². The number of ether oxygens (including phenoxy) is 2. The molecule has 164 valence electrons. The highest BCUT2D eigenvalue weighted by atomic mass is 35.5. The fourth-order valence-electron chi connectivity index (χ4n) is 3.26. The standard InChI is InChI=1S/C25H24ClF3O2/c1-17(2)24(19-9-11-21(26)12-10-19)16-30-15-18-5-3-7-22(13-18)31-23-8-4-6-20(14-23)25(27,28)29/h3-14,17,24H,15-16H2,1-2H3. The molecule has 0 heterocycles. The first-order valence-electron chi connectivity index (χ1n) is 9.99. The number of halogens is 4. The Labute approximate surface area is 185 Å². The third-order valence-electron chi connectivity index (χ3n) is 4.96. The van der Waals surface area contributed by atoms with Crippen LogP contribution in [0.5, 0.6) is 11.5 Å². The van der Waals surface area contributed by atoms with Crippen LogP contribution in [0, 0.1) is 5.92 Å². The Morgan fingerprint density at radius 3 is 2.16 bits per heavy atom. The molecule has 6 heteroatoms. The quantitative estimate of drug-likeness (QED) is 0.346. The summed E-state index contributed by atoms with van der Waals surface area (Å²) in [7, 11) is 0. The number of hydrogen-bond acceptors (Lipinski definition) is 2. The molecule has 31 heavy (non-hydrogen) atoms. The van der Waals surface area contributed by atoms with Gasteiger partial charge in [0.15, 0.2) is 0 Å². The molecule has 0 aromatic heterocycles. The molecule has 0 bridgehead atoms. The molecule has 0 aliphatic rings. The van der Waals surface area contributed by atoms with Crippen molar-refractivity contribution in [2.75, 3.05) is 6.61 Å². The summed E-state index contributed by atoms with van der Waals surface area (Å²) < 4.78 is 50.3. The van der Waals surface area contributed by atoms with E-state index < -0.39 is 11.7 Å². The Balaban J connectivity index is 1.62. The predicted molar refractivity (Wildman–Crippen MR) is 117 cm³/mol. The molecule has 0 N–H and O–H groups in total. The summed E-state index contributed by atoms with van der Waals surface area (Å²) in [5.41, 5.74) is 1.30. The van der Waals surface area contributed by atoms with E-state index in [2.05, 4.69) is 13.8 Å². The van der Waals surface area contributed by atoms with E-state index in [0.717, 1.165) is 17.7 Å². The summed E-state index contributed by atoms with van der Waals surface area (Å²) in [6.45, 7) is 5.20. The van der Waals surface area contributed by atoms with Gasteiger partial charge < -0.3 is 9.47 Å². The second-order valence-electron chi connectivity index (χ2n) is 7.69. The maximum absolute atomic E-state index is 12.9. The molecule has 3 aromatic rings. The van der Waals surface area contributed by atoms with Crippen molar-refractivity contribution in [3.63, 3.8) is 0 Å². The van der Waals surface area contributed by atoms with E-state index in [9.17, 15) is 13.2 Å². The Morgan fingerprint density at radius 2 is 1.52 bits per heavy atom. The monoisotopic (exact) mass is 448 g/mol. The van der Waals surface area contributed by atoms with Gasteiger partial charge in [-0.15, -0.1) is 0 Å². The Morgan fingerprint density at radius 1 is 0.871 bits per heavy atom. The van der Waals surface area contributed by atoms with Gasteiger partial charge in [-0.3, -0.25) is 0 Å². The minimum Gasteiger partial charge on any atom is -0.457 e. The lowest BCUT2D eigenvalue weighted by molar-refractivity contribution is -0.137. The molecule has 0 radical (unpaired) electrons. The molecule has 3 rings (SSSR count). The first-order valence-corrected chi connectivity index (χ1v) is 10.4. The summed E-state index contributed by atoms with van der Waals surface area (Å²) in [5, 5.41) is 0.699. The van der Waals surface area contributed by atoms with Crippen LogP contribution in [-0.4, -0.2) is 6.61 Å². The highest BCUT2D eigenvalue weighted by molar-refractivity contribution is 6.30. The zero-order valence-electron chi connectivity index (χ0n) is 17.3. The molecule has 3 aromatic carbocycles. The van der Waals surface area contributed by atoms with Gasteiger partial charge in [0.25, 0.3) is 0 Å². The normalized spacial score (nSPS) is 12.7. The third kappa shape index (κ3) is 6.74. The highest BCUT2D eigenvalue weighted by Crippen LogP contribution is 2.33. The molecular formula is C25H24ClF3O2. The van der Waals surface area contributed by atoms with Crippen molar-refractivity contribution in [3.8, 4) is 11.5 Å². The van der Waals surface area contributed by atoms with Crippen molar-refractivity contribution >= 4 is 11.6 Å². The molecule has 0 amide bonds. The average molecular weight is 449 g/mol. The van der Waals surface area contributed by atoms with Gasteiger partial charge in [-0.25, -0.2) is 0 Å². The Hall–Kier alpha value is -2.50. The minimum atomic E-state index is -4.41. The lowest BCUT2D eigenvalue weighted by Crippen LogP contribution is -2.14. The Kier molecular flexibility index (Phi) is 7.63. The average Bonchev–Trinajstić information content (AvgIpc) is 2.72. The summed E-state index contributed by atoms with van der Waals surface area (Å²) in [5.74, 6) is 1.20. The summed E-state index contributed by atoms with van der Waals surface area (Å²) in [6.07, 6.45) is -4.41. The molecule has 0 saturated carbocycles. The van der Waals surface area contributed by atoms with Crippen LogP contribution >= 0.6 is 11.6 Å². The topological polar surface area (TPSA) is 18.5 Å². The number of benzene rings is 3. The van der Waals surface area contributed by atoms with Crippen LogP contribution in [0.15, 0.2) is 72.8 Å². The number of hydrogen-bond donors (Lipinski definition) is 0. The zero-order valence-corrected chi connectivity index (χ0v) is 18.1. The van der Waals surface area contributed by atoms with Crippen molar-refractivity contribution in [1.82, 2.24) is 0 Å². The van der Waals surface area contributed by atoms with Crippen molar-refractivity contribution in [2.24, 2.45) is 5.92 Å². The third-order valence-corrected chi connectivity index (χ3v) is 5.22. The predicted octanol–water partition coefficient (Wildman–Crippen LogP) is 8.11. The van der Waals surface area contributed by atoms with E-state index in [1.807, 2.05) is 30.3 Å². The van der Waals surface area contributed by atoms with E-state index in [1.165, 1.54) is 17.7 Å². The summed E-state index contributed by atoms with van der Waals surface area (Å²) >= 11 is 5.99. The molecule has 0 aliphatic carbocycles. The van der Waals surface area contributed by atoms with Gasteiger partial charge in [0.05, 0.1) is 18.8 Å². The van der Waals surface area contributed by atoms with Crippen LogP contribution in [0.2, 0.25) is 5.02 Å². The molecule has 1 unspecified atom stereocenters. The van der Waals surface area contributed by atoms with E-state index in [0.29, 0.717) is 29.9 Å². The van der Waals surface area contributed by atoms with E-state index in [-0.39, 0.29) is 11.7 Å². The molecule has 2 nitrogen and oxygen atoms in total. The van der Waals surface area contributed by atoms with Crippen molar-refractivity contribution in [1.29, 1.82) is 0 Å². The maximum Gasteiger partial charge on any atom is 0.416 e. The molecule has 0 aliphatic heterocycles. The number of alkyl halides is 3. The van der Waals surface area contributed by atoms with E-state index in [1.54, 1.807) is 18.2 Å². The summed E-state index contributed by atoms with van der Waals surface area (Å²) in [4.78, 5) is 0. The minimum absolute atomic E-state index is 0.135. The molecule has 1 atom stereocenters. The first kappa shape index (κ1) is 23.2. The molecule has 0 fully saturated rings. The second kappa shape index (κ2) is 10.2. The van der Waals surface area contributed by atoms with Crippen LogP contribution in [-0.2, 0) is 17.5 Å². The number of rotatable bonds is 8. The maximum atomic E-state index is 12.9. The van der Waals surface area contributed by atoms with Crippen LogP contribution in [0.3, 0.4) is 0 Å². The largest absolute Gasteiger partial charge is 0.457 e.